The third-order valence-corrected chi connectivity index (χ3v) is 5.51. The number of piperidine rings is 1. The van der Waals surface area contributed by atoms with Crippen LogP contribution < -0.4 is 0 Å². The summed E-state index contributed by atoms with van der Waals surface area (Å²) >= 11 is 1.89. The highest BCUT2D eigenvalue weighted by atomic mass is 32.2. The zero-order chi connectivity index (χ0) is 14.8. The number of carboxylic acids is 1. The first-order valence-electron chi connectivity index (χ1n) is 7.33. The maximum atomic E-state index is 12.6. The molecule has 2 saturated heterocycles. The number of hydrogen-bond donors (Lipinski definition) is 1. The first kappa shape index (κ1) is 15.5. The fourth-order valence-electron chi connectivity index (χ4n) is 2.81. The SMILES string of the molecule is CC1(C)CCN(C(=O)N2CCCCC2C(=O)O)CCS1. The van der Waals surface area contributed by atoms with Gasteiger partial charge >= 0.3 is 12.0 Å². The van der Waals surface area contributed by atoms with Gasteiger partial charge in [-0.1, -0.05) is 13.8 Å². The first-order chi connectivity index (χ1) is 9.41. The summed E-state index contributed by atoms with van der Waals surface area (Å²) < 4.78 is 0.198. The van der Waals surface area contributed by atoms with Gasteiger partial charge in [-0.05, 0) is 25.7 Å². The maximum Gasteiger partial charge on any atom is 0.326 e. The van der Waals surface area contributed by atoms with E-state index in [1.165, 1.54) is 0 Å². The lowest BCUT2D eigenvalue weighted by molar-refractivity contribution is -0.143. The molecule has 0 radical (unpaired) electrons. The number of likely N-dealkylation sites (tertiary alicyclic amines) is 1. The van der Waals surface area contributed by atoms with Gasteiger partial charge in [0, 0.05) is 30.1 Å². The van der Waals surface area contributed by atoms with Crippen molar-refractivity contribution in [1.29, 1.82) is 0 Å². The van der Waals surface area contributed by atoms with Crippen molar-refractivity contribution in [2.75, 3.05) is 25.4 Å². The molecule has 114 valence electrons. The lowest BCUT2D eigenvalue weighted by Crippen LogP contribution is -2.53. The molecule has 0 aliphatic carbocycles. The molecule has 1 unspecified atom stereocenters. The van der Waals surface area contributed by atoms with Gasteiger partial charge in [0.1, 0.15) is 6.04 Å². The van der Waals surface area contributed by atoms with E-state index >= 15 is 0 Å². The third-order valence-electron chi connectivity index (χ3n) is 4.14. The van der Waals surface area contributed by atoms with Gasteiger partial charge in [0.05, 0.1) is 0 Å². The number of carbonyl (C=O) groups is 2. The molecular formula is C14H24N2O3S. The van der Waals surface area contributed by atoms with E-state index in [-0.39, 0.29) is 10.8 Å². The Hall–Kier alpha value is -0.910. The average molecular weight is 300 g/mol. The summed E-state index contributed by atoms with van der Waals surface area (Å²) in [7, 11) is 0. The normalized spacial score (nSPS) is 27.0. The van der Waals surface area contributed by atoms with E-state index in [9.17, 15) is 14.7 Å². The van der Waals surface area contributed by atoms with Gasteiger partial charge < -0.3 is 14.9 Å². The second kappa shape index (κ2) is 6.24. The molecule has 0 saturated carbocycles. The Bertz CT molecular complexity index is 387. The summed E-state index contributed by atoms with van der Waals surface area (Å²) in [5.74, 6) is 0.0483. The molecule has 0 bridgehead atoms. The minimum atomic E-state index is -0.873. The van der Waals surface area contributed by atoms with E-state index in [1.807, 2.05) is 16.7 Å². The van der Waals surface area contributed by atoms with Gasteiger partial charge in [-0.25, -0.2) is 9.59 Å². The van der Waals surface area contributed by atoms with Gasteiger partial charge in [0.2, 0.25) is 0 Å². The zero-order valence-corrected chi connectivity index (χ0v) is 13.1. The predicted molar refractivity (Wildman–Crippen MR) is 80.1 cm³/mol. The average Bonchev–Trinajstić information content (AvgIpc) is 2.59. The fraction of sp³-hybridized carbons (Fsp3) is 0.857. The van der Waals surface area contributed by atoms with Gasteiger partial charge in [0.15, 0.2) is 0 Å². The van der Waals surface area contributed by atoms with Crippen LogP contribution in [-0.4, -0.2) is 63.1 Å². The Morgan fingerprint density at radius 1 is 1.20 bits per heavy atom. The van der Waals surface area contributed by atoms with Crippen LogP contribution in [0.25, 0.3) is 0 Å². The molecule has 1 N–H and O–H groups in total. The Morgan fingerprint density at radius 3 is 2.65 bits per heavy atom. The molecule has 2 heterocycles. The van der Waals surface area contributed by atoms with Crippen molar-refractivity contribution in [3.8, 4) is 0 Å². The number of carboxylic acid groups (broad SMARTS) is 1. The van der Waals surface area contributed by atoms with Crippen LogP contribution in [-0.2, 0) is 4.79 Å². The predicted octanol–water partition coefficient (Wildman–Crippen LogP) is 2.26. The van der Waals surface area contributed by atoms with E-state index in [2.05, 4.69) is 13.8 Å². The van der Waals surface area contributed by atoms with Crippen molar-refractivity contribution < 1.29 is 14.7 Å². The molecular weight excluding hydrogens is 276 g/mol. The van der Waals surface area contributed by atoms with Crippen molar-refractivity contribution in [2.45, 2.75) is 50.3 Å². The molecule has 0 aromatic carbocycles. The van der Waals surface area contributed by atoms with E-state index < -0.39 is 12.0 Å². The molecule has 0 aromatic heterocycles. The smallest absolute Gasteiger partial charge is 0.326 e. The minimum Gasteiger partial charge on any atom is -0.480 e. The van der Waals surface area contributed by atoms with Crippen LogP contribution in [0.2, 0.25) is 0 Å². The summed E-state index contributed by atoms with van der Waals surface area (Å²) in [6, 6.07) is -0.726. The molecule has 6 heteroatoms. The van der Waals surface area contributed by atoms with E-state index in [0.29, 0.717) is 13.0 Å². The van der Waals surface area contributed by atoms with Crippen molar-refractivity contribution in [2.24, 2.45) is 0 Å². The largest absolute Gasteiger partial charge is 0.480 e. The highest BCUT2D eigenvalue weighted by molar-refractivity contribution is 8.00. The molecule has 5 nitrogen and oxygen atoms in total. The second-order valence-electron chi connectivity index (χ2n) is 6.17. The van der Waals surface area contributed by atoms with Gasteiger partial charge in [-0.2, -0.15) is 11.8 Å². The van der Waals surface area contributed by atoms with Gasteiger partial charge in [-0.15, -0.1) is 0 Å². The third kappa shape index (κ3) is 3.59. The number of nitrogens with zero attached hydrogens (tertiary/aromatic N) is 2. The quantitative estimate of drug-likeness (QED) is 0.807. The minimum absolute atomic E-state index is 0.0876. The second-order valence-corrected chi connectivity index (χ2v) is 7.97. The van der Waals surface area contributed by atoms with Gasteiger partial charge in [0.25, 0.3) is 0 Å². The highest BCUT2D eigenvalue weighted by Crippen LogP contribution is 2.31. The zero-order valence-electron chi connectivity index (χ0n) is 12.3. The van der Waals surface area contributed by atoms with E-state index in [1.54, 1.807) is 4.90 Å². The van der Waals surface area contributed by atoms with Crippen molar-refractivity contribution in [3.63, 3.8) is 0 Å². The molecule has 2 fully saturated rings. The number of urea groups is 1. The summed E-state index contributed by atoms with van der Waals surface area (Å²) in [5.41, 5.74) is 0. The van der Waals surface area contributed by atoms with Crippen LogP contribution in [0.4, 0.5) is 4.79 Å². The summed E-state index contributed by atoms with van der Waals surface area (Å²) in [4.78, 5) is 27.3. The van der Waals surface area contributed by atoms with Crippen LogP contribution in [0.3, 0.4) is 0 Å². The number of carbonyl (C=O) groups excluding carboxylic acids is 1. The Labute approximate surface area is 124 Å². The highest BCUT2D eigenvalue weighted by Gasteiger charge is 2.35. The van der Waals surface area contributed by atoms with Crippen molar-refractivity contribution in [3.05, 3.63) is 0 Å². The summed E-state index contributed by atoms with van der Waals surface area (Å²) in [6.45, 7) is 6.42. The molecule has 20 heavy (non-hydrogen) atoms. The molecule has 1 atom stereocenters. The van der Waals surface area contributed by atoms with Crippen LogP contribution in [0.15, 0.2) is 0 Å². The van der Waals surface area contributed by atoms with Crippen LogP contribution >= 0.6 is 11.8 Å². The number of amides is 2. The molecule has 2 amide bonds. The van der Waals surface area contributed by atoms with Crippen molar-refractivity contribution >= 4 is 23.8 Å². The maximum absolute atomic E-state index is 12.6. The monoisotopic (exact) mass is 300 g/mol. The molecule has 2 rings (SSSR count). The molecule has 2 aliphatic heterocycles. The number of aliphatic carboxylic acids is 1. The summed E-state index contributed by atoms with van der Waals surface area (Å²) in [5, 5.41) is 9.28. The van der Waals surface area contributed by atoms with Crippen LogP contribution in [0.1, 0.15) is 39.5 Å². The Balaban J connectivity index is 2.03. The number of rotatable bonds is 1. The van der Waals surface area contributed by atoms with Crippen molar-refractivity contribution in [1.82, 2.24) is 9.80 Å². The van der Waals surface area contributed by atoms with Crippen LogP contribution in [0.5, 0.6) is 0 Å². The number of hydrogen-bond acceptors (Lipinski definition) is 3. The Kier molecular flexibility index (Phi) is 4.83. The Morgan fingerprint density at radius 2 is 1.95 bits per heavy atom. The summed E-state index contributed by atoms with van der Waals surface area (Å²) in [6.07, 6.45) is 3.33. The van der Waals surface area contributed by atoms with E-state index in [4.69, 9.17) is 0 Å². The van der Waals surface area contributed by atoms with Crippen LogP contribution in [0, 0.1) is 0 Å². The number of thioether (sulfide) groups is 1. The molecule has 0 spiro atoms. The molecule has 2 aliphatic rings. The van der Waals surface area contributed by atoms with Gasteiger partial charge in [-0.3, -0.25) is 0 Å². The topological polar surface area (TPSA) is 60.9 Å². The lowest BCUT2D eigenvalue weighted by Gasteiger charge is -2.36. The van der Waals surface area contributed by atoms with E-state index in [0.717, 1.165) is 38.1 Å². The first-order valence-corrected chi connectivity index (χ1v) is 8.31. The standard InChI is InChI=1S/C14H24N2O3S/c1-14(2)6-8-15(9-10-20-14)13(19)16-7-4-3-5-11(16)12(17)18/h11H,3-10H2,1-2H3,(H,17,18). The molecule has 0 aromatic rings. The fourth-order valence-corrected chi connectivity index (χ4v) is 3.91. The lowest BCUT2D eigenvalue weighted by atomic mass is 10.0.